The van der Waals surface area contributed by atoms with Crippen molar-refractivity contribution in [3.8, 4) is 0 Å². The highest BCUT2D eigenvalue weighted by molar-refractivity contribution is 5.99. The minimum absolute atomic E-state index is 0.0531. The zero-order chi connectivity index (χ0) is 10.8. The maximum atomic E-state index is 13.4. The number of anilines is 1. The Morgan fingerprint density at radius 2 is 2.20 bits per heavy atom. The molecule has 80 valence electrons. The molecule has 0 aliphatic carbocycles. The molecule has 0 unspecified atom stereocenters. The summed E-state index contributed by atoms with van der Waals surface area (Å²) in [6, 6.07) is 6.18. The minimum atomic E-state index is -0.345. The van der Waals surface area contributed by atoms with E-state index in [0.29, 0.717) is 12.2 Å². The smallest absolute Gasteiger partial charge is 0.244 e. The SMILES string of the molecule is CN[C@@H]1CCN(c2ccccc2F)C1=O. The molecule has 3 nitrogen and oxygen atoms in total. The first-order valence-corrected chi connectivity index (χ1v) is 4.97. The molecule has 1 aliphatic heterocycles. The predicted molar refractivity (Wildman–Crippen MR) is 56.2 cm³/mol. The fourth-order valence-corrected chi connectivity index (χ4v) is 1.86. The van der Waals surface area contributed by atoms with Crippen LogP contribution in [-0.4, -0.2) is 25.5 Å². The molecule has 1 aliphatic rings. The highest BCUT2D eigenvalue weighted by Crippen LogP contribution is 2.23. The fourth-order valence-electron chi connectivity index (χ4n) is 1.86. The summed E-state index contributed by atoms with van der Waals surface area (Å²) in [5.41, 5.74) is 0.375. The number of benzene rings is 1. The molecule has 0 radical (unpaired) electrons. The van der Waals surface area contributed by atoms with E-state index >= 15 is 0 Å². The third-order valence-electron chi connectivity index (χ3n) is 2.70. The molecule has 1 atom stereocenters. The van der Waals surface area contributed by atoms with Gasteiger partial charge in [-0.25, -0.2) is 4.39 Å². The van der Waals surface area contributed by atoms with Crippen LogP contribution in [0.3, 0.4) is 0 Å². The van der Waals surface area contributed by atoms with Gasteiger partial charge in [-0.1, -0.05) is 12.1 Å². The van der Waals surface area contributed by atoms with Gasteiger partial charge < -0.3 is 10.2 Å². The summed E-state index contributed by atoms with van der Waals surface area (Å²) in [6.07, 6.45) is 0.726. The van der Waals surface area contributed by atoms with Gasteiger partial charge in [0.05, 0.1) is 11.7 Å². The summed E-state index contributed by atoms with van der Waals surface area (Å²) in [4.78, 5) is 13.3. The molecule has 1 amide bonds. The number of para-hydroxylation sites is 1. The van der Waals surface area contributed by atoms with Gasteiger partial charge >= 0.3 is 0 Å². The standard InChI is InChI=1S/C11H13FN2O/c1-13-9-6-7-14(11(9)15)10-5-3-2-4-8(10)12/h2-5,9,13H,6-7H2,1H3/t9-/m1/s1. The van der Waals surface area contributed by atoms with Crippen molar-refractivity contribution in [2.24, 2.45) is 0 Å². The van der Waals surface area contributed by atoms with Crippen LogP contribution in [-0.2, 0) is 4.79 Å². The number of nitrogens with one attached hydrogen (secondary N) is 1. The Labute approximate surface area is 87.9 Å². The van der Waals surface area contributed by atoms with Crippen molar-refractivity contribution >= 4 is 11.6 Å². The number of hydrogen-bond donors (Lipinski definition) is 1. The molecule has 1 N–H and O–H groups in total. The van der Waals surface area contributed by atoms with E-state index in [2.05, 4.69) is 5.32 Å². The molecule has 1 fully saturated rings. The van der Waals surface area contributed by atoms with Crippen LogP contribution in [0.2, 0.25) is 0 Å². The van der Waals surface area contributed by atoms with Gasteiger partial charge in [0.1, 0.15) is 5.82 Å². The van der Waals surface area contributed by atoms with E-state index in [1.54, 1.807) is 25.2 Å². The molecule has 0 spiro atoms. The van der Waals surface area contributed by atoms with Gasteiger partial charge in [0.15, 0.2) is 0 Å². The Morgan fingerprint density at radius 3 is 2.80 bits per heavy atom. The molecular formula is C11H13FN2O. The van der Waals surface area contributed by atoms with Crippen LogP contribution in [0.15, 0.2) is 24.3 Å². The van der Waals surface area contributed by atoms with Crippen molar-refractivity contribution in [1.29, 1.82) is 0 Å². The van der Waals surface area contributed by atoms with Crippen molar-refractivity contribution in [1.82, 2.24) is 5.32 Å². The normalized spacial score (nSPS) is 21.1. The first kappa shape index (κ1) is 10.1. The van der Waals surface area contributed by atoms with Gasteiger partial charge in [0, 0.05) is 6.54 Å². The summed E-state index contributed by atoms with van der Waals surface area (Å²) in [5, 5.41) is 2.92. The number of nitrogens with zero attached hydrogens (tertiary/aromatic N) is 1. The lowest BCUT2D eigenvalue weighted by Gasteiger charge is -2.17. The van der Waals surface area contributed by atoms with Gasteiger partial charge in [0.2, 0.25) is 5.91 Å². The Bertz CT molecular complexity index is 381. The molecule has 0 aromatic heterocycles. The topological polar surface area (TPSA) is 32.3 Å². The monoisotopic (exact) mass is 208 g/mol. The summed E-state index contributed by atoms with van der Waals surface area (Å²) in [7, 11) is 1.74. The predicted octanol–water partition coefficient (Wildman–Crippen LogP) is 1.15. The molecule has 1 aromatic rings. The lowest BCUT2D eigenvalue weighted by Crippen LogP contribution is -2.36. The van der Waals surface area contributed by atoms with E-state index in [1.807, 2.05) is 0 Å². The minimum Gasteiger partial charge on any atom is -0.309 e. The molecule has 2 rings (SSSR count). The van der Waals surface area contributed by atoms with E-state index in [-0.39, 0.29) is 17.8 Å². The van der Waals surface area contributed by atoms with Gasteiger partial charge in [0.25, 0.3) is 0 Å². The van der Waals surface area contributed by atoms with E-state index in [0.717, 1.165) is 6.42 Å². The molecule has 15 heavy (non-hydrogen) atoms. The summed E-state index contributed by atoms with van der Waals surface area (Å²) in [6.45, 7) is 0.575. The van der Waals surface area contributed by atoms with Crippen molar-refractivity contribution in [3.05, 3.63) is 30.1 Å². The van der Waals surface area contributed by atoms with Crippen LogP contribution in [0.1, 0.15) is 6.42 Å². The van der Waals surface area contributed by atoms with E-state index in [1.165, 1.54) is 11.0 Å². The van der Waals surface area contributed by atoms with Crippen LogP contribution in [0.5, 0.6) is 0 Å². The average Bonchev–Trinajstić information content (AvgIpc) is 2.60. The second kappa shape index (κ2) is 3.98. The molecule has 4 heteroatoms. The van der Waals surface area contributed by atoms with Crippen molar-refractivity contribution in [2.75, 3.05) is 18.5 Å². The first-order valence-electron chi connectivity index (χ1n) is 4.97. The van der Waals surface area contributed by atoms with Crippen LogP contribution in [0, 0.1) is 5.82 Å². The Kier molecular flexibility index (Phi) is 2.68. The number of amides is 1. The lowest BCUT2D eigenvalue weighted by atomic mass is 10.2. The molecular weight excluding hydrogens is 195 g/mol. The number of carbonyl (C=O) groups excluding carboxylic acids is 1. The van der Waals surface area contributed by atoms with E-state index in [4.69, 9.17) is 0 Å². The summed E-state index contributed by atoms with van der Waals surface area (Å²) in [5.74, 6) is -0.398. The Morgan fingerprint density at radius 1 is 1.47 bits per heavy atom. The average molecular weight is 208 g/mol. The maximum absolute atomic E-state index is 13.4. The van der Waals surface area contributed by atoms with Gasteiger partial charge in [-0.2, -0.15) is 0 Å². The molecule has 1 heterocycles. The third kappa shape index (κ3) is 1.72. The lowest BCUT2D eigenvalue weighted by molar-refractivity contribution is -0.118. The zero-order valence-corrected chi connectivity index (χ0v) is 8.53. The number of halogens is 1. The Balaban J connectivity index is 2.27. The van der Waals surface area contributed by atoms with Crippen molar-refractivity contribution < 1.29 is 9.18 Å². The highest BCUT2D eigenvalue weighted by atomic mass is 19.1. The fraction of sp³-hybridized carbons (Fsp3) is 0.364. The summed E-state index contributed by atoms with van der Waals surface area (Å²) < 4.78 is 13.4. The van der Waals surface area contributed by atoms with Crippen LogP contribution >= 0.6 is 0 Å². The summed E-state index contributed by atoms with van der Waals surface area (Å²) >= 11 is 0. The quantitative estimate of drug-likeness (QED) is 0.790. The number of carbonyl (C=O) groups is 1. The highest BCUT2D eigenvalue weighted by Gasteiger charge is 2.32. The molecule has 0 bridgehead atoms. The number of likely N-dealkylation sites (N-methyl/N-ethyl adjacent to an activating group) is 1. The van der Waals surface area contributed by atoms with Crippen LogP contribution in [0.25, 0.3) is 0 Å². The van der Waals surface area contributed by atoms with Crippen LogP contribution in [0.4, 0.5) is 10.1 Å². The second-order valence-electron chi connectivity index (χ2n) is 3.57. The van der Waals surface area contributed by atoms with E-state index < -0.39 is 0 Å². The zero-order valence-electron chi connectivity index (χ0n) is 8.53. The number of hydrogen-bond acceptors (Lipinski definition) is 2. The molecule has 1 aromatic carbocycles. The Hall–Kier alpha value is -1.42. The van der Waals surface area contributed by atoms with E-state index in [9.17, 15) is 9.18 Å². The van der Waals surface area contributed by atoms with Crippen LogP contribution < -0.4 is 10.2 Å². The third-order valence-corrected chi connectivity index (χ3v) is 2.70. The van der Waals surface area contributed by atoms with Gasteiger partial charge in [-0.3, -0.25) is 4.79 Å². The largest absolute Gasteiger partial charge is 0.309 e. The van der Waals surface area contributed by atoms with Crippen molar-refractivity contribution in [3.63, 3.8) is 0 Å². The van der Waals surface area contributed by atoms with Gasteiger partial charge in [-0.15, -0.1) is 0 Å². The van der Waals surface area contributed by atoms with Gasteiger partial charge in [-0.05, 0) is 25.6 Å². The number of rotatable bonds is 2. The second-order valence-corrected chi connectivity index (χ2v) is 3.57. The maximum Gasteiger partial charge on any atom is 0.244 e. The van der Waals surface area contributed by atoms with Crippen molar-refractivity contribution in [2.45, 2.75) is 12.5 Å². The molecule has 1 saturated heterocycles. The molecule has 0 saturated carbocycles. The first-order chi connectivity index (χ1) is 7.24.